The lowest BCUT2D eigenvalue weighted by atomic mass is 9.95. The van der Waals surface area contributed by atoms with Gasteiger partial charge < -0.3 is 24.0 Å². The number of halogens is 2. The van der Waals surface area contributed by atoms with Crippen LogP contribution < -0.4 is 9.64 Å². The Bertz CT molecular complexity index is 2120. The van der Waals surface area contributed by atoms with Gasteiger partial charge in [-0.15, -0.1) is 6.42 Å². The maximum absolute atomic E-state index is 17.2. The Labute approximate surface area is 307 Å². The molecule has 2 aromatic carbocycles. The third-order valence-corrected chi connectivity index (χ3v) is 12.2. The number of piperidine rings is 1. The number of carbonyl (C=O) groups excluding carboxylic acids is 1. The smallest absolute Gasteiger partial charge is 0.409 e. The fourth-order valence-electron chi connectivity index (χ4n) is 9.50. The molecule has 0 aliphatic carbocycles. The number of aryl methyl sites for hydroxylation is 1. The van der Waals surface area contributed by atoms with Gasteiger partial charge >= 0.3 is 12.1 Å². The molecule has 1 amide bonds. The fraction of sp³-hybridized carbons (Fsp3) is 0.512. The van der Waals surface area contributed by atoms with Crippen molar-refractivity contribution in [1.29, 1.82) is 0 Å². The van der Waals surface area contributed by atoms with Gasteiger partial charge in [0.05, 0.1) is 34.8 Å². The van der Waals surface area contributed by atoms with Gasteiger partial charge in [-0.05, 0) is 82.2 Å². The average molecular weight is 723 g/mol. The van der Waals surface area contributed by atoms with E-state index in [4.69, 9.17) is 35.6 Å². The summed E-state index contributed by atoms with van der Waals surface area (Å²) in [7, 11) is 0. The van der Waals surface area contributed by atoms with Gasteiger partial charge in [0.15, 0.2) is 5.82 Å². The van der Waals surface area contributed by atoms with Crippen molar-refractivity contribution in [3.8, 4) is 29.6 Å². The van der Waals surface area contributed by atoms with Gasteiger partial charge in [-0.2, -0.15) is 9.97 Å². The topological polar surface area (TPSA) is 93.2 Å². The first kappa shape index (κ1) is 34.2. The van der Waals surface area contributed by atoms with E-state index >= 15 is 8.78 Å². The van der Waals surface area contributed by atoms with Crippen LogP contribution in [0, 0.1) is 24.0 Å². The van der Waals surface area contributed by atoms with Gasteiger partial charge in [0, 0.05) is 43.2 Å². The Morgan fingerprint density at radius 3 is 2.74 bits per heavy atom. The molecule has 3 atom stereocenters. The third-order valence-electron chi connectivity index (χ3n) is 12.2. The Morgan fingerprint density at radius 1 is 0.981 bits per heavy atom. The zero-order valence-electron chi connectivity index (χ0n) is 29.9. The molecular formula is C41H44F2N6O4. The number of benzene rings is 2. The van der Waals surface area contributed by atoms with Crippen molar-refractivity contribution in [3.05, 3.63) is 53.2 Å². The Morgan fingerprint density at radius 2 is 1.87 bits per heavy atom. The molecule has 10 nitrogen and oxygen atoms in total. The van der Waals surface area contributed by atoms with Gasteiger partial charge in [0.2, 0.25) is 0 Å². The number of anilines is 1. The molecule has 0 saturated carbocycles. The van der Waals surface area contributed by atoms with Crippen molar-refractivity contribution in [2.45, 2.75) is 81.8 Å². The molecule has 4 saturated heterocycles. The molecule has 0 N–H and O–H groups in total. The van der Waals surface area contributed by atoms with Gasteiger partial charge in [0.25, 0.3) is 0 Å². The first-order valence-corrected chi connectivity index (χ1v) is 19.2. The van der Waals surface area contributed by atoms with E-state index in [1.807, 2.05) is 11.0 Å². The average Bonchev–Trinajstić information content (AvgIpc) is 3.60. The van der Waals surface area contributed by atoms with Crippen LogP contribution >= 0.6 is 0 Å². The maximum atomic E-state index is 17.2. The Hall–Kier alpha value is -4.60. The number of likely N-dealkylation sites (tertiary alicyclic amines) is 1. The Kier molecular flexibility index (Phi) is 9.03. The minimum absolute atomic E-state index is 0.0241. The van der Waals surface area contributed by atoms with Crippen LogP contribution in [0.4, 0.5) is 19.4 Å². The fourth-order valence-corrected chi connectivity index (χ4v) is 9.50. The predicted molar refractivity (Wildman–Crippen MR) is 197 cm³/mol. The Balaban J connectivity index is 1.07. The number of ether oxygens (including phenoxy) is 3. The number of carbonyl (C=O) groups is 1. The summed E-state index contributed by atoms with van der Waals surface area (Å²) >= 11 is 0. The van der Waals surface area contributed by atoms with Crippen LogP contribution in [0.5, 0.6) is 6.01 Å². The van der Waals surface area contributed by atoms with Crippen LogP contribution in [0.1, 0.15) is 69.0 Å². The summed E-state index contributed by atoms with van der Waals surface area (Å²) in [5, 5.41) is 1.70. The summed E-state index contributed by atoms with van der Waals surface area (Å²) < 4.78 is 50.6. The summed E-state index contributed by atoms with van der Waals surface area (Å²) in [6.07, 6.45) is 14.6. The minimum atomic E-state index is -0.626. The first-order valence-electron chi connectivity index (χ1n) is 19.2. The van der Waals surface area contributed by atoms with E-state index in [9.17, 15) is 4.79 Å². The highest BCUT2D eigenvalue weighted by Gasteiger charge is 2.50. The summed E-state index contributed by atoms with van der Waals surface area (Å²) in [5.41, 5.74) is 1.11. The van der Waals surface area contributed by atoms with Crippen LogP contribution in [0.15, 0.2) is 30.3 Å². The quantitative estimate of drug-likeness (QED) is 0.203. The molecule has 12 heteroatoms. The summed E-state index contributed by atoms with van der Waals surface area (Å²) in [6, 6.07) is 8.59. The number of hydrogen-bond donors (Lipinski definition) is 0. The molecule has 9 rings (SSSR count). The van der Waals surface area contributed by atoms with Gasteiger partial charge in [-0.3, -0.25) is 4.90 Å². The highest BCUT2D eigenvalue weighted by atomic mass is 19.1. The molecular weight excluding hydrogens is 678 g/mol. The second-order valence-electron chi connectivity index (χ2n) is 15.2. The first-order chi connectivity index (χ1) is 25.9. The number of aromatic nitrogens is 3. The molecule has 4 aromatic rings. The normalized spacial score (nSPS) is 24.4. The second kappa shape index (κ2) is 14.0. The lowest BCUT2D eigenvalue weighted by Crippen LogP contribution is -2.48. The summed E-state index contributed by atoms with van der Waals surface area (Å²) in [6.45, 7) is 4.98. The van der Waals surface area contributed by atoms with Crippen LogP contribution in [-0.2, 0) is 15.9 Å². The standard InChI is InChI=1S/C41H44F2N6O4/c1-2-29-31(42)13-11-26-9-6-10-30(33(26)29)36-35(43)37-34-32(44-36)14-12-27-23-51-22-8-20-48(27)38(34)46-39(45-37)53-25-41-16-7-21-49(41)28(15-17-41)24-52-40(50)47-18-4-3-5-19-47/h1,6,9-11,13,27-28H,3-5,7-8,12,14-25H2/t27-,28-,41-/m0/s1. The van der Waals surface area contributed by atoms with Gasteiger partial charge in [-0.25, -0.2) is 18.6 Å². The number of nitrogens with zero attached hydrogens (tertiary/aromatic N) is 6. The van der Waals surface area contributed by atoms with E-state index in [0.29, 0.717) is 72.6 Å². The van der Waals surface area contributed by atoms with E-state index in [0.717, 1.165) is 77.4 Å². The van der Waals surface area contributed by atoms with Crippen molar-refractivity contribution in [3.63, 3.8) is 0 Å². The number of amides is 1. The van der Waals surface area contributed by atoms with E-state index in [-0.39, 0.29) is 46.5 Å². The number of rotatable bonds is 6. The highest BCUT2D eigenvalue weighted by molar-refractivity contribution is 6.02. The van der Waals surface area contributed by atoms with Crippen molar-refractivity contribution in [2.75, 3.05) is 57.5 Å². The van der Waals surface area contributed by atoms with Crippen LogP contribution in [0.2, 0.25) is 0 Å². The molecule has 0 spiro atoms. The molecule has 0 radical (unpaired) electrons. The van der Waals surface area contributed by atoms with E-state index in [2.05, 4.69) is 15.7 Å². The zero-order valence-corrected chi connectivity index (χ0v) is 29.9. The molecule has 5 aliphatic rings. The molecule has 276 valence electrons. The van der Waals surface area contributed by atoms with Crippen LogP contribution in [0.3, 0.4) is 0 Å². The largest absolute Gasteiger partial charge is 0.461 e. The molecule has 53 heavy (non-hydrogen) atoms. The highest BCUT2D eigenvalue weighted by Crippen LogP contribution is 2.44. The van der Waals surface area contributed by atoms with Crippen LogP contribution in [-0.4, -0.2) is 101 Å². The summed E-state index contributed by atoms with van der Waals surface area (Å²) in [4.78, 5) is 34.0. The predicted octanol–water partition coefficient (Wildman–Crippen LogP) is 6.64. The monoisotopic (exact) mass is 722 g/mol. The van der Waals surface area contributed by atoms with Crippen molar-refractivity contribution < 1.29 is 27.8 Å². The van der Waals surface area contributed by atoms with Crippen molar-refractivity contribution >= 4 is 33.6 Å². The van der Waals surface area contributed by atoms with E-state index in [1.54, 1.807) is 18.2 Å². The lowest BCUT2D eigenvalue weighted by Gasteiger charge is -2.35. The maximum Gasteiger partial charge on any atom is 0.409 e. The number of hydrogen-bond acceptors (Lipinski definition) is 9. The molecule has 0 bridgehead atoms. The molecule has 0 unspecified atom stereocenters. The minimum Gasteiger partial charge on any atom is -0.461 e. The number of terminal acetylenes is 1. The van der Waals surface area contributed by atoms with E-state index in [1.165, 1.54) is 6.07 Å². The number of fused-ring (bicyclic) bond motifs is 4. The van der Waals surface area contributed by atoms with Gasteiger partial charge in [0.1, 0.15) is 36.1 Å². The molecule has 4 fully saturated rings. The molecule has 7 heterocycles. The van der Waals surface area contributed by atoms with Crippen LogP contribution in [0.25, 0.3) is 32.9 Å². The zero-order chi connectivity index (χ0) is 36.1. The van der Waals surface area contributed by atoms with Crippen molar-refractivity contribution in [1.82, 2.24) is 24.8 Å². The van der Waals surface area contributed by atoms with Crippen molar-refractivity contribution in [2.24, 2.45) is 0 Å². The SMILES string of the molecule is C#Cc1c(F)ccc2cccc(-c3nc4c5c(nc(OC[C@@]67CCCN6[C@H](COC(=O)N6CCCCC6)CC7)nc5c3F)N3CCCOC[C@@H]3CC4)c12. The van der Waals surface area contributed by atoms with E-state index < -0.39 is 11.6 Å². The number of pyridine rings is 1. The van der Waals surface area contributed by atoms with Gasteiger partial charge in [-0.1, -0.05) is 30.2 Å². The molecule has 5 aliphatic heterocycles. The second-order valence-corrected chi connectivity index (χ2v) is 15.2. The third kappa shape index (κ3) is 6.02. The summed E-state index contributed by atoms with van der Waals surface area (Å²) in [5.74, 6) is 1.92. The molecule has 2 aromatic heterocycles. The lowest BCUT2D eigenvalue weighted by molar-refractivity contribution is 0.0420.